The minimum Gasteiger partial charge on any atom is -0.368 e. The van der Waals surface area contributed by atoms with Crippen LogP contribution in [-0.4, -0.2) is 59.1 Å². The van der Waals surface area contributed by atoms with Gasteiger partial charge in [-0.3, -0.25) is 14.9 Å². The van der Waals surface area contributed by atoms with Gasteiger partial charge in [0.2, 0.25) is 0 Å². The Labute approximate surface area is 223 Å². The SMILES string of the molecule is Cc1ccc(-c2ccc3ncc4c(c3n2)N(c2ccc(N3CCNCC3)c(C(F)(F)F)c2)C(=O)N(C)C4)cn1. The molecular formula is C28H26F3N7O. The summed E-state index contributed by atoms with van der Waals surface area (Å²) in [5, 5.41) is 3.17. The lowest BCUT2D eigenvalue weighted by Gasteiger charge is -2.36. The Kier molecular flexibility index (Phi) is 6.10. The summed E-state index contributed by atoms with van der Waals surface area (Å²) in [5.74, 6) is 0. The number of anilines is 3. The van der Waals surface area contributed by atoms with Crippen molar-refractivity contribution in [1.82, 2.24) is 25.2 Å². The molecule has 0 aliphatic carbocycles. The molecule has 1 N–H and O–H groups in total. The van der Waals surface area contributed by atoms with Gasteiger partial charge in [0.1, 0.15) is 5.52 Å². The van der Waals surface area contributed by atoms with Crippen molar-refractivity contribution >= 4 is 34.1 Å². The first kappa shape index (κ1) is 25.1. The van der Waals surface area contributed by atoms with Crippen LogP contribution in [-0.2, 0) is 12.7 Å². The molecule has 0 saturated carbocycles. The fourth-order valence-electron chi connectivity index (χ4n) is 5.14. The maximum atomic E-state index is 14.4. The molecule has 0 bridgehead atoms. The fourth-order valence-corrected chi connectivity index (χ4v) is 5.14. The van der Waals surface area contributed by atoms with Gasteiger partial charge in [0.15, 0.2) is 0 Å². The molecule has 11 heteroatoms. The van der Waals surface area contributed by atoms with Gasteiger partial charge in [-0.25, -0.2) is 9.78 Å². The maximum absolute atomic E-state index is 14.4. The van der Waals surface area contributed by atoms with Crippen molar-refractivity contribution in [2.75, 3.05) is 43.0 Å². The molecule has 0 spiro atoms. The number of aryl methyl sites for hydroxylation is 1. The van der Waals surface area contributed by atoms with E-state index in [0.717, 1.165) is 17.3 Å². The van der Waals surface area contributed by atoms with E-state index in [1.54, 1.807) is 36.5 Å². The van der Waals surface area contributed by atoms with Crippen LogP contribution in [0.25, 0.3) is 22.3 Å². The molecule has 0 atom stereocenters. The molecule has 2 amide bonds. The molecular weight excluding hydrogens is 507 g/mol. The quantitative estimate of drug-likeness (QED) is 0.394. The summed E-state index contributed by atoms with van der Waals surface area (Å²) in [6, 6.07) is 11.1. The van der Waals surface area contributed by atoms with Crippen molar-refractivity contribution in [3.63, 3.8) is 0 Å². The highest BCUT2D eigenvalue weighted by Gasteiger charge is 2.38. The van der Waals surface area contributed by atoms with Gasteiger partial charge in [0.05, 0.1) is 34.7 Å². The predicted octanol–water partition coefficient (Wildman–Crippen LogP) is 5.13. The number of urea groups is 1. The Morgan fingerprint density at radius 1 is 0.974 bits per heavy atom. The van der Waals surface area contributed by atoms with Gasteiger partial charge in [-0.15, -0.1) is 0 Å². The molecule has 5 heterocycles. The Morgan fingerprint density at radius 3 is 2.49 bits per heavy atom. The third-order valence-electron chi connectivity index (χ3n) is 7.12. The summed E-state index contributed by atoms with van der Waals surface area (Å²) >= 11 is 0. The monoisotopic (exact) mass is 533 g/mol. The lowest BCUT2D eigenvalue weighted by molar-refractivity contribution is -0.137. The number of pyridine rings is 3. The lowest BCUT2D eigenvalue weighted by atomic mass is 10.0. The molecule has 2 aliphatic rings. The number of aromatic nitrogens is 3. The summed E-state index contributed by atoms with van der Waals surface area (Å²) in [7, 11) is 1.62. The van der Waals surface area contributed by atoms with Gasteiger partial charge in [-0.05, 0) is 49.4 Å². The molecule has 0 unspecified atom stereocenters. The van der Waals surface area contributed by atoms with Gasteiger partial charge in [0.25, 0.3) is 0 Å². The predicted molar refractivity (Wildman–Crippen MR) is 143 cm³/mol. The molecule has 3 aromatic heterocycles. The van der Waals surface area contributed by atoms with Crippen LogP contribution in [0.5, 0.6) is 0 Å². The summed E-state index contributed by atoms with van der Waals surface area (Å²) in [6.07, 6.45) is -1.23. The van der Waals surface area contributed by atoms with Crippen LogP contribution in [0.4, 0.5) is 35.0 Å². The number of nitrogens with one attached hydrogen (secondary N) is 1. The van der Waals surface area contributed by atoms with Gasteiger partial charge >= 0.3 is 12.2 Å². The van der Waals surface area contributed by atoms with E-state index in [9.17, 15) is 18.0 Å². The fraction of sp³-hybridized carbons (Fsp3) is 0.286. The van der Waals surface area contributed by atoms with Crippen LogP contribution in [0, 0.1) is 6.92 Å². The van der Waals surface area contributed by atoms with E-state index in [1.807, 2.05) is 25.1 Å². The van der Waals surface area contributed by atoms with E-state index < -0.39 is 17.8 Å². The standard InChI is InChI=1S/C28H26F3N7O/c1-17-3-4-18(14-33-17)22-6-7-23-25(35-22)26-19(15-34-23)16-36(2)27(39)38(26)20-5-8-24(21(13-20)28(29,30)31)37-11-9-32-10-12-37/h3-8,13-15,32H,9-12,16H2,1-2H3. The molecule has 1 saturated heterocycles. The Morgan fingerprint density at radius 2 is 1.77 bits per heavy atom. The van der Waals surface area contributed by atoms with Gasteiger partial charge < -0.3 is 15.1 Å². The number of hydrogen-bond donors (Lipinski definition) is 1. The lowest BCUT2D eigenvalue weighted by Crippen LogP contribution is -2.44. The largest absolute Gasteiger partial charge is 0.418 e. The van der Waals surface area contributed by atoms with E-state index >= 15 is 0 Å². The number of nitrogens with zero attached hydrogens (tertiary/aromatic N) is 6. The van der Waals surface area contributed by atoms with Gasteiger partial charge in [-0.1, -0.05) is 0 Å². The number of rotatable bonds is 3. The molecule has 0 radical (unpaired) electrons. The third kappa shape index (κ3) is 4.52. The zero-order valence-corrected chi connectivity index (χ0v) is 21.5. The topological polar surface area (TPSA) is 77.5 Å². The summed E-state index contributed by atoms with van der Waals surface area (Å²) in [5.41, 5.74) is 3.83. The molecule has 2 aliphatic heterocycles. The molecule has 39 heavy (non-hydrogen) atoms. The number of halogens is 3. The number of benzene rings is 1. The van der Waals surface area contributed by atoms with Crippen LogP contribution in [0.15, 0.2) is 54.9 Å². The number of carbonyl (C=O) groups is 1. The van der Waals surface area contributed by atoms with Crippen molar-refractivity contribution in [2.45, 2.75) is 19.6 Å². The van der Waals surface area contributed by atoms with Crippen LogP contribution in [0.2, 0.25) is 0 Å². The van der Waals surface area contributed by atoms with Gasteiger partial charge in [0, 0.05) is 68.1 Å². The Balaban J connectivity index is 1.53. The highest BCUT2D eigenvalue weighted by atomic mass is 19.4. The first-order valence-electron chi connectivity index (χ1n) is 12.6. The zero-order valence-electron chi connectivity index (χ0n) is 21.5. The summed E-state index contributed by atoms with van der Waals surface area (Å²) < 4.78 is 43.1. The number of amides is 2. The highest BCUT2D eigenvalue weighted by molar-refractivity contribution is 6.08. The summed E-state index contributed by atoms with van der Waals surface area (Å²) in [6.45, 7) is 4.29. The normalized spacial score (nSPS) is 16.1. The zero-order chi connectivity index (χ0) is 27.3. The first-order chi connectivity index (χ1) is 18.7. The van der Waals surface area contributed by atoms with Crippen LogP contribution in [0.1, 0.15) is 16.8 Å². The Hall–Kier alpha value is -4.25. The van der Waals surface area contributed by atoms with Crippen molar-refractivity contribution in [2.24, 2.45) is 0 Å². The van der Waals surface area contributed by atoms with E-state index in [2.05, 4.69) is 15.3 Å². The van der Waals surface area contributed by atoms with E-state index in [0.29, 0.717) is 54.2 Å². The second-order valence-electron chi connectivity index (χ2n) is 9.79. The smallest absolute Gasteiger partial charge is 0.368 e. The molecule has 1 fully saturated rings. The first-order valence-corrected chi connectivity index (χ1v) is 12.6. The van der Waals surface area contributed by atoms with E-state index in [4.69, 9.17) is 4.98 Å². The number of piperazine rings is 1. The molecule has 8 nitrogen and oxygen atoms in total. The minimum atomic E-state index is -4.60. The average molecular weight is 534 g/mol. The number of fused-ring (bicyclic) bond motifs is 3. The number of hydrogen-bond acceptors (Lipinski definition) is 6. The number of carbonyl (C=O) groups excluding carboxylic acids is 1. The molecule has 1 aromatic carbocycles. The molecule has 200 valence electrons. The third-order valence-corrected chi connectivity index (χ3v) is 7.12. The molecule has 6 rings (SSSR count). The average Bonchev–Trinajstić information content (AvgIpc) is 2.93. The second kappa shape index (κ2) is 9.49. The van der Waals surface area contributed by atoms with E-state index in [-0.39, 0.29) is 17.9 Å². The maximum Gasteiger partial charge on any atom is 0.418 e. The van der Waals surface area contributed by atoms with Crippen molar-refractivity contribution in [3.8, 4) is 11.3 Å². The van der Waals surface area contributed by atoms with Crippen molar-refractivity contribution in [3.05, 3.63) is 71.7 Å². The minimum absolute atomic E-state index is 0.109. The van der Waals surface area contributed by atoms with Crippen LogP contribution >= 0.6 is 0 Å². The van der Waals surface area contributed by atoms with Crippen molar-refractivity contribution in [1.29, 1.82) is 0 Å². The Bertz CT molecular complexity index is 1570. The van der Waals surface area contributed by atoms with Crippen LogP contribution < -0.4 is 15.1 Å². The van der Waals surface area contributed by atoms with Crippen molar-refractivity contribution < 1.29 is 18.0 Å². The highest BCUT2D eigenvalue weighted by Crippen LogP contribution is 2.43. The van der Waals surface area contributed by atoms with Crippen LogP contribution in [0.3, 0.4) is 0 Å². The van der Waals surface area contributed by atoms with Gasteiger partial charge in [-0.2, -0.15) is 13.2 Å². The molecule has 4 aromatic rings. The summed E-state index contributed by atoms with van der Waals surface area (Å²) in [4.78, 5) is 31.8. The number of alkyl halides is 3. The second-order valence-corrected chi connectivity index (χ2v) is 9.79. The van der Waals surface area contributed by atoms with E-state index in [1.165, 1.54) is 15.9 Å².